The second-order valence-electron chi connectivity index (χ2n) is 10.2. The van der Waals surface area contributed by atoms with E-state index in [2.05, 4.69) is 36.6 Å². The van der Waals surface area contributed by atoms with E-state index in [-0.39, 0.29) is 11.5 Å². The van der Waals surface area contributed by atoms with Crippen LogP contribution < -0.4 is 9.80 Å². The highest BCUT2D eigenvalue weighted by atomic mass is 16.5. The molecule has 1 amide bonds. The first-order valence-electron chi connectivity index (χ1n) is 12.7. The quantitative estimate of drug-likeness (QED) is 0.604. The minimum absolute atomic E-state index is 0.0818. The minimum Gasteiger partial charge on any atom is -0.370 e. The summed E-state index contributed by atoms with van der Waals surface area (Å²) in [6.07, 6.45) is 3.79. The number of likely N-dealkylation sites (N-methyl/N-ethyl adjacent to an activating group) is 1. The molecule has 2 aliphatic rings. The molecular formula is C28H37N5O2. The molecular weight excluding hydrogens is 438 g/mol. The van der Waals surface area contributed by atoms with Crippen molar-refractivity contribution in [1.29, 1.82) is 5.26 Å². The maximum Gasteiger partial charge on any atom is 0.240 e. The smallest absolute Gasteiger partial charge is 0.240 e. The van der Waals surface area contributed by atoms with E-state index in [0.29, 0.717) is 18.7 Å². The van der Waals surface area contributed by atoms with Gasteiger partial charge >= 0.3 is 0 Å². The van der Waals surface area contributed by atoms with Crippen LogP contribution in [0.5, 0.6) is 0 Å². The van der Waals surface area contributed by atoms with Crippen LogP contribution in [0.2, 0.25) is 0 Å². The van der Waals surface area contributed by atoms with Crippen LogP contribution in [0.3, 0.4) is 0 Å². The predicted molar refractivity (Wildman–Crippen MR) is 139 cm³/mol. The summed E-state index contributed by atoms with van der Waals surface area (Å²) in [6.45, 7) is 10.3. The SMILES string of the molecule is CCCCc1nc(N2CCN(CC(=O)N(C)c3ccccc3)CC2)c(C#N)c2c1COC(C)(C)C2. The Bertz CT molecular complexity index is 1080. The molecule has 0 radical (unpaired) electrons. The number of amides is 1. The van der Waals surface area contributed by atoms with Crippen molar-refractivity contribution in [2.75, 3.05) is 49.6 Å². The van der Waals surface area contributed by atoms with Crippen LogP contribution in [0.15, 0.2) is 30.3 Å². The van der Waals surface area contributed by atoms with Gasteiger partial charge in [-0.15, -0.1) is 0 Å². The number of piperazine rings is 1. The fourth-order valence-electron chi connectivity index (χ4n) is 4.93. The topological polar surface area (TPSA) is 72.7 Å². The number of hydrogen-bond donors (Lipinski definition) is 0. The van der Waals surface area contributed by atoms with Crippen LogP contribution in [0.25, 0.3) is 0 Å². The van der Waals surface area contributed by atoms with Crippen molar-refractivity contribution in [3.05, 3.63) is 52.7 Å². The van der Waals surface area contributed by atoms with E-state index in [1.165, 1.54) is 0 Å². The van der Waals surface area contributed by atoms with Gasteiger partial charge in [-0.05, 0) is 44.4 Å². The highest BCUT2D eigenvalue weighted by Crippen LogP contribution is 2.36. The Hall–Kier alpha value is -2.95. The molecule has 2 aliphatic heterocycles. The number of carbonyl (C=O) groups excluding carboxylic acids is 1. The first kappa shape index (κ1) is 25.2. The lowest BCUT2D eigenvalue weighted by atomic mass is 9.87. The number of rotatable bonds is 7. The normalized spacial score (nSPS) is 17.5. The van der Waals surface area contributed by atoms with Crippen LogP contribution in [-0.4, -0.2) is 61.2 Å². The van der Waals surface area contributed by atoms with Gasteiger partial charge in [0, 0.05) is 56.6 Å². The Morgan fingerprint density at radius 2 is 1.89 bits per heavy atom. The van der Waals surface area contributed by atoms with Crippen molar-refractivity contribution in [2.45, 2.75) is 58.7 Å². The number of nitriles is 1. The van der Waals surface area contributed by atoms with Gasteiger partial charge in [-0.1, -0.05) is 31.5 Å². The lowest BCUT2D eigenvalue weighted by Crippen LogP contribution is -2.50. The highest BCUT2D eigenvalue weighted by Gasteiger charge is 2.33. The van der Waals surface area contributed by atoms with Crippen LogP contribution in [0, 0.1) is 11.3 Å². The summed E-state index contributed by atoms with van der Waals surface area (Å²) in [5, 5.41) is 10.2. The van der Waals surface area contributed by atoms with E-state index in [0.717, 1.165) is 80.2 Å². The van der Waals surface area contributed by atoms with E-state index in [1.54, 1.807) is 4.90 Å². The number of nitrogens with zero attached hydrogens (tertiary/aromatic N) is 5. The standard InChI is InChI=1S/C28H37N5O2/c1-5-6-12-25-24-20-35-28(2,3)17-22(24)23(18-29)27(30-25)33-15-13-32(14-16-33)19-26(34)31(4)21-10-8-7-9-11-21/h7-11H,5-6,12-17,19-20H2,1-4H3. The van der Waals surface area contributed by atoms with Gasteiger partial charge in [-0.3, -0.25) is 9.69 Å². The van der Waals surface area contributed by atoms with E-state index < -0.39 is 0 Å². The van der Waals surface area contributed by atoms with Crippen LogP contribution in [-0.2, 0) is 29.0 Å². The second-order valence-corrected chi connectivity index (χ2v) is 10.2. The van der Waals surface area contributed by atoms with Gasteiger partial charge in [-0.2, -0.15) is 5.26 Å². The van der Waals surface area contributed by atoms with Crippen molar-refractivity contribution >= 4 is 17.4 Å². The lowest BCUT2D eigenvalue weighted by molar-refractivity contribution is -0.119. The largest absolute Gasteiger partial charge is 0.370 e. The van der Waals surface area contributed by atoms with Gasteiger partial charge in [0.2, 0.25) is 5.91 Å². The van der Waals surface area contributed by atoms with Crippen molar-refractivity contribution in [1.82, 2.24) is 9.88 Å². The molecule has 2 aromatic rings. The Morgan fingerprint density at radius 1 is 1.17 bits per heavy atom. The molecule has 0 bridgehead atoms. The molecule has 35 heavy (non-hydrogen) atoms. The average Bonchev–Trinajstić information content (AvgIpc) is 2.86. The molecule has 0 saturated carbocycles. The first-order chi connectivity index (χ1) is 16.8. The molecule has 1 saturated heterocycles. The lowest BCUT2D eigenvalue weighted by Gasteiger charge is -2.38. The molecule has 4 rings (SSSR count). The summed E-state index contributed by atoms with van der Waals surface area (Å²) in [5.41, 5.74) is 4.62. The third-order valence-electron chi connectivity index (χ3n) is 7.12. The van der Waals surface area contributed by atoms with E-state index >= 15 is 0 Å². The third-order valence-corrected chi connectivity index (χ3v) is 7.12. The van der Waals surface area contributed by atoms with Crippen LogP contribution in [0.1, 0.15) is 56.0 Å². The number of benzene rings is 1. The number of carbonyl (C=O) groups is 1. The zero-order chi connectivity index (χ0) is 25.0. The van der Waals surface area contributed by atoms with E-state index in [4.69, 9.17) is 9.72 Å². The maximum atomic E-state index is 12.8. The second kappa shape index (κ2) is 10.8. The number of ether oxygens (including phenoxy) is 1. The van der Waals surface area contributed by atoms with Crippen molar-refractivity contribution in [3.63, 3.8) is 0 Å². The molecule has 7 nitrogen and oxygen atoms in total. The number of aryl methyl sites for hydroxylation is 1. The van der Waals surface area contributed by atoms with E-state index in [9.17, 15) is 10.1 Å². The predicted octanol–water partition coefficient (Wildman–Crippen LogP) is 3.93. The Balaban J connectivity index is 1.50. The van der Waals surface area contributed by atoms with Gasteiger partial charge < -0.3 is 14.5 Å². The molecule has 0 aliphatic carbocycles. The molecule has 0 atom stereocenters. The van der Waals surface area contributed by atoms with Crippen molar-refractivity contribution in [3.8, 4) is 6.07 Å². The molecule has 186 valence electrons. The molecule has 0 unspecified atom stereocenters. The number of anilines is 2. The van der Waals surface area contributed by atoms with Crippen LogP contribution >= 0.6 is 0 Å². The summed E-state index contributed by atoms with van der Waals surface area (Å²) in [4.78, 5) is 24.0. The number of pyridine rings is 1. The number of para-hydroxylation sites is 1. The van der Waals surface area contributed by atoms with Gasteiger partial charge in [-0.25, -0.2) is 4.98 Å². The molecule has 1 aromatic carbocycles. The summed E-state index contributed by atoms with van der Waals surface area (Å²) >= 11 is 0. The molecule has 1 fully saturated rings. The number of fused-ring (bicyclic) bond motifs is 1. The fraction of sp³-hybridized carbons (Fsp3) is 0.536. The van der Waals surface area contributed by atoms with Gasteiger partial charge in [0.25, 0.3) is 0 Å². The third kappa shape index (κ3) is 5.66. The zero-order valence-corrected chi connectivity index (χ0v) is 21.5. The first-order valence-corrected chi connectivity index (χ1v) is 12.7. The Labute approximate surface area is 209 Å². The molecule has 3 heterocycles. The summed E-state index contributed by atoms with van der Waals surface area (Å²) in [6, 6.07) is 12.2. The monoisotopic (exact) mass is 475 g/mol. The molecule has 7 heteroatoms. The minimum atomic E-state index is -0.289. The average molecular weight is 476 g/mol. The zero-order valence-electron chi connectivity index (χ0n) is 21.5. The Morgan fingerprint density at radius 3 is 2.54 bits per heavy atom. The van der Waals surface area contributed by atoms with Gasteiger partial charge in [0.05, 0.1) is 24.3 Å². The summed E-state index contributed by atoms with van der Waals surface area (Å²) in [7, 11) is 1.83. The molecule has 1 aromatic heterocycles. The Kier molecular flexibility index (Phi) is 7.73. The maximum absolute atomic E-state index is 12.8. The fourth-order valence-corrected chi connectivity index (χ4v) is 4.93. The van der Waals surface area contributed by atoms with Gasteiger partial charge in [0.1, 0.15) is 11.9 Å². The number of unbranched alkanes of at least 4 members (excludes halogenated alkanes) is 1. The number of aromatic nitrogens is 1. The molecule has 0 N–H and O–H groups in total. The highest BCUT2D eigenvalue weighted by molar-refractivity contribution is 5.94. The van der Waals surface area contributed by atoms with Crippen molar-refractivity contribution in [2.24, 2.45) is 0 Å². The van der Waals surface area contributed by atoms with Crippen LogP contribution in [0.4, 0.5) is 11.5 Å². The molecule has 0 spiro atoms. The summed E-state index contributed by atoms with van der Waals surface area (Å²) in [5.74, 6) is 0.890. The van der Waals surface area contributed by atoms with E-state index in [1.807, 2.05) is 37.4 Å². The number of hydrogen-bond acceptors (Lipinski definition) is 6. The summed E-state index contributed by atoms with van der Waals surface area (Å²) < 4.78 is 6.09. The van der Waals surface area contributed by atoms with Gasteiger partial charge in [0.15, 0.2) is 0 Å². The van der Waals surface area contributed by atoms with Crippen molar-refractivity contribution < 1.29 is 9.53 Å².